The molecular weight excluding hydrogens is 375 g/mol. The largest absolute Gasteiger partial charge is 0.507 e. The molecule has 2 aliphatic rings. The van der Waals surface area contributed by atoms with Crippen LogP contribution < -0.4 is 10.1 Å². The number of ether oxygens (including phenoxy) is 1. The van der Waals surface area contributed by atoms with Gasteiger partial charge in [-0.15, -0.1) is 15.3 Å². The van der Waals surface area contributed by atoms with Gasteiger partial charge in [0.15, 0.2) is 6.17 Å². The van der Waals surface area contributed by atoms with Crippen molar-refractivity contribution in [2.45, 2.75) is 37.2 Å². The number of alkyl halides is 1. The number of fused-ring (bicyclic) bond motifs is 2. The first-order chi connectivity index (χ1) is 14.0. The molecule has 1 fully saturated rings. The highest BCUT2D eigenvalue weighted by atomic mass is 19.1. The minimum Gasteiger partial charge on any atom is -0.507 e. The van der Waals surface area contributed by atoms with Gasteiger partial charge < -0.3 is 9.84 Å². The second-order valence-electron chi connectivity index (χ2n) is 7.49. The van der Waals surface area contributed by atoms with Gasteiger partial charge in [-0.05, 0) is 25.1 Å². The van der Waals surface area contributed by atoms with E-state index in [2.05, 4.69) is 25.8 Å². The highest BCUT2D eigenvalue weighted by Gasteiger charge is 2.48. The average molecular weight is 394 g/mol. The maximum absolute atomic E-state index is 14.8. The van der Waals surface area contributed by atoms with Crippen LogP contribution in [0.1, 0.15) is 13.3 Å². The van der Waals surface area contributed by atoms with Crippen LogP contribution in [0.4, 0.5) is 4.39 Å². The summed E-state index contributed by atoms with van der Waals surface area (Å²) < 4.78 is 22.2. The third-order valence-electron chi connectivity index (χ3n) is 5.41. The highest BCUT2D eigenvalue weighted by Crippen LogP contribution is 2.35. The molecule has 1 saturated heterocycles. The summed E-state index contributed by atoms with van der Waals surface area (Å²) in [5.74, 6) is 0.295. The molecule has 3 aromatic rings. The molecule has 8 nitrogen and oxygen atoms in total. The lowest BCUT2D eigenvalue weighted by atomic mass is 9.88. The molecule has 29 heavy (non-hydrogen) atoms. The summed E-state index contributed by atoms with van der Waals surface area (Å²) in [5, 5.41) is 29.5. The van der Waals surface area contributed by atoms with Crippen LogP contribution >= 0.6 is 0 Å². The molecule has 2 aliphatic heterocycles. The third kappa shape index (κ3) is 3.13. The molecule has 4 atom stereocenters. The molecular formula is C20H19FN6O2. The summed E-state index contributed by atoms with van der Waals surface area (Å²) in [7, 11) is 0. The fourth-order valence-electron chi connectivity index (χ4n) is 3.89. The molecule has 0 unspecified atom stereocenters. The maximum Gasteiger partial charge on any atom is 0.233 e. The number of hydrogen-bond donors (Lipinski definition) is 2. The van der Waals surface area contributed by atoms with E-state index in [0.29, 0.717) is 23.4 Å². The SMILES string of the molecule is C[C@@]12C=C[C@@H](C[C@H](Oc3ccc(-c4ccc(-n5ccnn5)cc4O)nn3)[C@H]1F)N2. The van der Waals surface area contributed by atoms with Crippen LogP contribution in [0.25, 0.3) is 16.9 Å². The molecule has 5 rings (SSSR count). The second kappa shape index (κ2) is 6.63. The number of piperidine rings is 1. The van der Waals surface area contributed by atoms with Gasteiger partial charge in [-0.3, -0.25) is 5.32 Å². The Labute approximate surface area is 166 Å². The van der Waals surface area contributed by atoms with Crippen molar-refractivity contribution in [3.8, 4) is 28.6 Å². The summed E-state index contributed by atoms with van der Waals surface area (Å²) in [5.41, 5.74) is 0.968. The first-order valence-corrected chi connectivity index (χ1v) is 9.33. The molecule has 0 spiro atoms. The van der Waals surface area contributed by atoms with E-state index in [9.17, 15) is 9.50 Å². The Balaban J connectivity index is 1.33. The Bertz CT molecular complexity index is 1060. The lowest BCUT2D eigenvalue weighted by Crippen LogP contribution is -2.60. The van der Waals surface area contributed by atoms with E-state index in [1.807, 2.05) is 19.1 Å². The van der Waals surface area contributed by atoms with E-state index in [0.717, 1.165) is 0 Å². The Morgan fingerprint density at radius 2 is 2.17 bits per heavy atom. The highest BCUT2D eigenvalue weighted by molar-refractivity contribution is 5.68. The van der Waals surface area contributed by atoms with Crippen molar-refractivity contribution in [1.29, 1.82) is 0 Å². The number of hydrogen-bond acceptors (Lipinski definition) is 7. The maximum atomic E-state index is 14.8. The third-order valence-corrected chi connectivity index (χ3v) is 5.41. The number of nitrogens with one attached hydrogen (secondary N) is 1. The Morgan fingerprint density at radius 3 is 2.90 bits per heavy atom. The van der Waals surface area contributed by atoms with Gasteiger partial charge in [0.1, 0.15) is 11.9 Å². The fraction of sp³-hybridized carbons (Fsp3) is 0.300. The van der Waals surface area contributed by atoms with Crippen molar-refractivity contribution >= 4 is 0 Å². The molecule has 0 saturated carbocycles. The number of nitrogens with zero attached hydrogens (tertiary/aromatic N) is 5. The van der Waals surface area contributed by atoms with Gasteiger partial charge in [-0.1, -0.05) is 17.4 Å². The number of halogens is 1. The van der Waals surface area contributed by atoms with Crippen LogP contribution in [-0.4, -0.2) is 54.2 Å². The Hall–Kier alpha value is -3.33. The van der Waals surface area contributed by atoms with Crippen LogP contribution in [-0.2, 0) is 0 Å². The molecule has 1 aromatic carbocycles. The topological polar surface area (TPSA) is 98.0 Å². The number of benzene rings is 1. The predicted octanol–water partition coefficient (Wildman–Crippen LogP) is 2.21. The van der Waals surface area contributed by atoms with Crippen LogP contribution in [0.2, 0.25) is 0 Å². The number of phenols is 1. The van der Waals surface area contributed by atoms with E-state index in [4.69, 9.17) is 4.74 Å². The van der Waals surface area contributed by atoms with E-state index in [-0.39, 0.29) is 17.7 Å². The summed E-state index contributed by atoms with van der Waals surface area (Å²) in [4.78, 5) is 0. The number of aromatic hydroxyl groups is 1. The molecule has 4 heterocycles. The van der Waals surface area contributed by atoms with E-state index < -0.39 is 17.8 Å². The quantitative estimate of drug-likeness (QED) is 0.655. The van der Waals surface area contributed by atoms with Gasteiger partial charge in [-0.2, -0.15) is 0 Å². The van der Waals surface area contributed by atoms with E-state index >= 15 is 0 Å². The Morgan fingerprint density at radius 1 is 1.28 bits per heavy atom. The molecule has 2 bridgehead atoms. The van der Waals surface area contributed by atoms with Crippen LogP contribution in [0.5, 0.6) is 11.6 Å². The molecule has 0 amide bonds. The fourth-order valence-corrected chi connectivity index (χ4v) is 3.89. The molecule has 148 valence electrons. The molecule has 0 radical (unpaired) electrons. The molecule has 9 heteroatoms. The van der Waals surface area contributed by atoms with Crippen molar-refractivity contribution < 1.29 is 14.2 Å². The average Bonchev–Trinajstić information content (AvgIpc) is 3.36. The number of rotatable bonds is 4. The van der Waals surface area contributed by atoms with Crippen molar-refractivity contribution in [3.63, 3.8) is 0 Å². The summed E-state index contributed by atoms with van der Waals surface area (Å²) in [6.45, 7) is 1.82. The van der Waals surface area contributed by atoms with Crippen molar-refractivity contribution in [1.82, 2.24) is 30.5 Å². The normalized spacial score (nSPS) is 27.9. The summed E-state index contributed by atoms with van der Waals surface area (Å²) >= 11 is 0. The van der Waals surface area contributed by atoms with E-state index in [1.165, 1.54) is 0 Å². The van der Waals surface area contributed by atoms with Gasteiger partial charge in [0, 0.05) is 30.2 Å². The Kier molecular flexibility index (Phi) is 4.06. The first kappa shape index (κ1) is 17.7. The minimum atomic E-state index is -1.19. The van der Waals surface area contributed by atoms with Crippen LogP contribution in [0.15, 0.2) is 54.9 Å². The van der Waals surface area contributed by atoms with Crippen LogP contribution in [0, 0.1) is 0 Å². The monoisotopic (exact) mass is 394 g/mol. The second-order valence-corrected chi connectivity index (χ2v) is 7.49. The first-order valence-electron chi connectivity index (χ1n) is 9.33. The van der Waals surface area contributed by atoms with Gasteiger partial charge in [0.25, 0.3) is 0 Å². The van der Waals surface area contributed by atoms with Gasteiger partial charge in [0.2, 0.25) is 5.88 Å². The lowest BCUT2D eigenvalue weighted by molar-refractivity contribution is 0.0170. The van der Waals surface area contributed by atoms with Gasteiger partial charge in [0.05, 0.1) is 29.3 Å². The van der Waals surface area contributed by atoms with E-state index in [1.54, 1.807) is 47.4 Å². The van der Waals surface area contributed by atoms with Crippen molar-refractivity contribution in [2.24, 2.45) is 0 Å². The zero-order chi connectivity index (χ0) is 20.0. The number of aromatic nitrogens is 5. The molecule has 2 N–H and O–H groups in total. The smallest absolute Gasteiger partial charge is 0.233 e. The zero-order valence-corrected chi connectivity index (χ0v) is 15.6. The minimum absolute atomic E-state index is 0.0405. The summed E-state index contributed by atoms with van der Waals surface area (Å²) in [6, 6.07) is 8.52. The summed E-state index contributed by atoms with van der Waals surface area (Å²) in [6.07, 6.45) is 5.83. The van der Waals surface area contributed by atoms with Crippen molar-refractivity contribution in [2.75, 3.05) is 0 Å². The van der Waals surface area contributed by atoms with Crippen molar-refractivity contribution in [3.05, 3.63) is 54.9 Å². The van der Waals surface area contributed by atoms with Crippen LogP contribution in [0.3, 0.4) is 0 Å². The predicted molar refractivity (Wildman–Crippen MR) is 102 cm³/mol. The zero-order valence-electron chi connectivity index (χ0n) is 15.6. The van der Waals surface area contributed by atoms with Gasteiger partial charge >= 0.3 is 0 Å². The van der Waals surface area contributed by atoms with Gasteiger partial charge in [-0.25, -0.2) is 9.07 Å². The molecule has 2 aromatic heterocycles. The number of phenolic OH excluding ortho intramolecular Hbond substituents is 1. The standard InChI is InChI=1S/C20H19FN6O2/c1-20-7-6-12(23-20)10-17(19(20)21)29-18-5-4-15(24-25-18)14-3-2-13(11-16(14)28)27-9-8-22-26-27/h2-9,11-12,17,19,23,28H,10H2,1H3/t12-,17-,19+,20+/m0/s1. The molecule has 0 aliphatic carbocycles. The lowest BCUT2D eigenvalue weighted by Gasteiger charge is -2.39.